The minimum absolute atomic E-state index is 0.260. The van der Waals surface area contributed by atoms with Crippen molar-refractivity contribution in [1.29, 1.82) is 0 Å². The van der Waals surface area contributed by atoms with Crippen molar-refractivity contribution in [2.75, 3.05) is 5.32 Å². The molecule has 1 aromatic heterocycles. The molecule has 0 aliphatic rings. The molecule has 0 saturated carbocycles. The molecule has 0 spiro atoms. The van der Waals surface area contributed by atoms with E-state index in [1.165, 1.54) is 17.8 Å². The molecule has 19 heavy (non-hydrogen) atoms. The van der Waals surface area contributed by atoms with Crippen molar-refractivity contribution in [2.24, 2.45) is 0 Å². The van der Waals surface area contributed by atoms with Crippen LogP contribution in [-0.2, 0) is 13.0 Å². The van der Waals surface area contributed by atoms with Crippen LogP contribution >= 0.6 is 0 Å². The number of carboxylic acid groups (broad SMARTS) is 1. The number of aryl methyl sites for hydroxylation is 1. The molecule has 0 aliphatic carbocycles. The first kappa shape index (κ1) is 13.1. The van der Waals surface area contributed by atoms with Crippen LogP contribution in [0.1, 0.15) is 28.5 Å². The summed E-state index contributed by atoms with van der Waals surface area (Å²) in [7, 11) is 0. The van der Waals surface area contributed by atoms with Crippen molar-refractivity contribution in [3.05, 3.63) is 59.4 Å². The largest absolute Gasteiger partial charge is 0.478 e. The van der Waals surface area contributed by atoms with Crippen molar-refractivity contribution in [2.45, 2.75) is 19.9 Å². The predicted molar refractivity (Wildman–Crippen MR) is 74.3 cm³/mol. The maximum Gasteiger partial charge on any atom is 0.335 e. The molecule has 2 aromatic rings. The van der Waals surface area contributed by atoms with Crippen LogP contribution in [-0.4, -0.2) is 16.1 Å². The van der Waals surface area contributed by atoms with Gasteiger partial charge < -0.3 is 10.4 Å². The maximum atomic E-state index is 10.9. The first-order valence-corrected chi connectivity index (χ1v) is 6.20. The lowest BCUT2D eigenvalue weighted by Crippen LogP contribution is -2.05. The van der Waals surface area contributed by atoms with Crippen LogP contribution in [0.15, 0.2) is 42.6 Å². The number of nitrogens with zero attached hydrogens (tertiary/aromatic N) is 1. The number of para-hydroxylation sites is 1. The van der Waals surface area contributed by atoms with E-state index in [1.807, 2.05) is 18.2 Å². The van der Waals surface area contributed by atoms with Gasteiger partial charge in [0, 0.05) is 11.9 Å². The van der Waals surface area contributed by atoms with E-state index >= 15 is 0 Å². The summed E-state index contributed by atoms with van der Waals surface area (Å²) in [6.45, 7) is 2.61. The minimum atomic E-state index is -0.933. The van der Waals surface area contributed by atoms with Crippen LogP contribution in [0, 0.1) is 0 Å². The van der Waals surface area contributed by atoms with E-state index < -0.39 is 5.97 Å². The Hall–Kier alpha value is -2.36. The molecule has 4 heteroatoms. The normalized spacial score (nSPS) is 10.2. The van der Waals surface area contributed by atoms with Crippen molar-refractivity contribution in [3.63, 3.8) is 0 Å². The molecule has 1 heterocycles. The van der Waals surface area contributed by atoms with Crippen LogP contribution in [0.2, 0.25) is 0 Å². The molecule has 1 aromatic carbocycles. The van der Waals surface area contributed by atoms with Crippen molar-refractivity contribution < 1.29 is 9.90 Å². The van der Waals surface area contributed by atoms with Crippen LogP contribution in [0.3, 0.4) is 0 Å². The van der Waals surface area contributed by atoms with Crippen LogP contribution in [0.5, 0.6) is 0 Å². The quantitative estimate of drug-likeness (QED) is 0.863. The lowest BCUT2D eigenvalue weighted by molar-refractivity contribution is 0.0696. The molecular weight excluding hydrogens is 240 g/mol. The second kappa shape index (κ2) is 6.00. The Morgan fingerprint density at radius 1 is 1.32 bits per heavy atom. The number of hydrogen-bond donors (Lipinski definition) is 2. The standard InChI is InChI=1S/C15H16N2O2/c1-2-11-5-3-4-6-14(11)17-10-13-9-12(15(18)19)7-8-16-13/h3-9,17H,2,10H2,1H3,(H,18,19). The van der Waals surface area contributed by atoms with Gasteiger partial charge >= 0.3 is 5.97 Å². The summed E-state index contributed by atoms with van der Waals surface area (Å²) in [6.07, 6.45) is 2.47. The SMILES string of the molecule is CCc1ccccc1NCc1cc(C(=O)O)ccn1. The first-order chi connectivity index (χ1) is 9.20. The zero-order valence-corrected chi connectivity index (χ0v) is 10.8. The lowest BCUT2D eigenvalue weighted by Gasteiger charge is -2.10. The lowest BCUT2D eigenvalue weighted by atomic mass is 10.1. The topological polar surface area (TPSA) is 62.2 Å². The van der Waals surface area contributed by atoms with E-state index in [1.54, 1.807) is 6.07 Å². The summed E-state index contributed by atoms with van der Waals surface area (Å²) in [5.74, 6) is -0.933. The van der Waals surface area contributed by atoms with Gasteiger partial charge in [0.15, 0.2) is 0 Å². The highest BCUT2D eigenvalue weighted by molar-refractivity contribution is 5.87. The third-order valence-electron chi connectivity index (χ3n) is 2.92. The number of carboxylic acids is 1. The average molecular weight is 256 g/mol. The second-order valence-electron chi connectivity index (χ2n) is 4.21. The Balaban J connectivity index is 2.10. The summed E-state index contributed by atoms with van der Waals surface area (Å²) < 4.78 is 0. The number of aromatic carboxylic acids is 1. The molecule has 4 nitrogen and oxygen atoms in total. The molecule has 2 rings (SSSR count). The van der Waals surface area contributed by atoms with Crippen molar-refractivity contribution in [1.82, 2.24) is 4.98 Å². The van der Waals surface area contributed by atoms with E-state index in [0.717, 1.165) is 12.1 Å². The number of aromatic nitrogens is 1. The Morgan fingerprint density at radius 3 is 2.84 bits per heavy atom. The van der Waals surface area contributed by atoms with Gasteiger partial charge in [-0.05, 0) is 30.2 Å². The highest BCUT2D eigenvalue weighted by Crippen LogP contribution is 2.16. The van der Waals surface area contributed by atoms with Gasteiger partial charge in [-0.15, -0.1) is 0 Å². The Morgan fingerprint density at radius 2 is 2.11 bits per heavy atom. The zero-order chi connectivity index (χ0) is 13.7. The number of carbonyl (C=O) groups is 1. The molecule has 0 bridgehead atoms. The average Bonchev–Trinajstić information content (AvgIpc) is 2.45. The third kappa shape index (κ3) is 3.31. The van der Waals surface area contributed by atoms with E-state index in [0.29, 0.717) is 12.2 Å². The Bertz CT molecular complexity index is 582. The molecule has 0 radical (unpaired) electrons. The molecule has 0 saturated heterocycles. The highest BCUT2D eigenvalue weighted by Gasteiger charge is 2.05. The van der Waals surface area contributed by atoms with E-state index in [2.05, 4.69) is 23.3 Å². The van der Waals surface area contributed by atoms with E-state index in [-0.39, 0.29) is 5.56 Å². The molecule has 0 atom stereocenters. The fraction of sp³-hybridized carbons (Fsp3) is 0.200. The number of nitrogens with one attached hydrogen (secondary N) is 1. The van der Waals surface area contributed by atoms with Gasteiger partial charge in [0.1, 0.15) is 0 Å². The molecule has 0 fully saturated rings. The minimum Gasteiger partial charge on any atom is -0.478 e. The maximum absolute atomic E-state index is 10.9. The number of rotatable bonds is 5. The Labute approximate surface area is 112 Å². The summed E-state index contributed by atoms with van der Waals surface area (Å²) in [6, 6.07) is 11.1. The summed E-state index contributed by atoms with van der Waals surface area (Å²) in [5.41, 5.74) is 3.27. The second-order valence-corrected chi connectivity index (χ2v) is 4.21. The fourth-order valence-corrected chi connectivity index (χ4v) is 1.89. The zero-order valence-electron chi connectivity index (χ0n) is 10.8. The highest BCUT2D eigenvalue weighted by atomic mass is 16.4. The van der Waals surface area contributed by atoms with Gasteiger partial charge in [-0.2, -0.15) is 0 Å². The van der Waals surface area contributed by atoms with Crippen LogP contribution in [0.4, 0.5) is 5.69 Å². The Kier molecular flexibility index (Phi) is 4.13. The molecule has 98 valence electrons. The number of pyridine rings is 1. The monoisotopic (exact) mass is 256 g/mol. The smallest absolute Gasteiger partial charge is 0.335 e. The molecular formula is C15H16N2O2. The summed E-state index contributed by atoms with van der Waals surface area (Å²) in [4.78, 5) is 15.0. The molecule has 0 amide bonds. The van der Waals surface area contributed by atoms with Crippen LogP contribution in [0.25, 0.3) is 0 Å². The number of hydrogen-bond acceptors (Lipinski definition) is 3. The summed E-state index contributed by atoms with van der Waals surface area (Å²) in [5, 5.41) is 12.2. The third-order valence-corrected chi connectivity index (χ3v) is 2.92. The van der Waals surface area contributed by atoms with E-state index in [9.17, 15) is 4.79 Å². The van der Waals surface area contributed by atoms with Gasteiger partial charge in [0.25, 0.3) is 0 Å². The van der Waals surface area contributed by atoms with Crippen molar-refractivity contribution in [3.8, 4) is 0 Å². The summed E-state index contributed by atoms with van der Waals surface area (Å²) >= 11 is 0. The predicted octanol–water partition coefficient (Wildman–Crippen LogP) is 2.95. The number of benzene rings is 1. The van der Waals surface area contributed by atoms with Gasteiger partial charge in [-0.3, -0.25) is 4.98 Å². The van der Waals surface area contributed by atoms with Gasteiger partial charge in [-0.1, -0.05) is 25.1 Å². The molecule has 0 unspecified atom stereocenters. The first-order valence-electron chi connectivity index (χ1n) is 6.20. The van der Waals surface area contributed by atoms with Crippen molar-refractivity contribution >= 4 is 11.7 Å². The fourth-order valence-electron chi connectivity index (χ4n) is 1.89. The molecule has 0 aliphatic heterocycles. The number of anilines is 1. The van der Waals surface area contributed by atoms with E-state index in [4.69, 9.17) is 5.11 Å². The van der Waals surface area contributed by atoms with Crippen LogP contribution < -0.4 is 5.32 Å². The van der Waals surface area contributed by atoms with Gasteiger partial charge in [0.2, 0.25) is 0 Å². The molecule has 2 N–H and O–H groups in total. The van der Waals surface area contributed by atoms with Gasteiger partial charge in [-0.25, -0.2) is 4.79 Å². The van der Waals surface area contributed by atoms with Gasteiger partial charge in [0.05, 0.1) is 17.8 Å².